The fraction of sp³-hybridized carbons (Fsp3) is 0.955. The van der Waals surface area contributed by atoms with Gasteiger partial charge in [0.25, 0.3) is 0 Å². The Kier molecular flexibility index (Phi) is 5.69. The third-order valence-corrected chi connectivity index (χ3v) is 8.53. The van der Waals surface area contributed by atoms with Gasteiger partial charge in [0.05, 0.1) is 0 Å². The van der Waals surface area contributed by atoms with E-state index in [9.17, 15) is 23.1 Å². The van der Waals surface area contributed by atoms with Crippen LogP contribution in [0.4, 0.5) is 13.2 Å². The Morgan fingerprint density at radius 1 is 1.03 bits per heavy atom. The van der Waals surface area contributed by atoms with Gasteiger partial charge in [-0.2, -0.15) is 13.2 Å². The van der Waals surface area contributed by atoms with E-state index in [2.05, 4.69) is 5.32 Å². The molecule has 8 atom stereocenters. The van der Waals surface area contributed by atoms with Crippen LogP contribution in [0.1, 0.15) is 58.8 Å². The van der Waals surface area contributed by atoms with Crippen LogP contribution < -0.4 is 5.32 Å². The van der Waals surface area contributed by atoms with E-state index in [1.165, 1.54) is 25.7 Å². The summed E-state index contributed by atoms with van der Waals surface area (Å²) in [4.78, 5) is 15.2. The SMILES string of the molecule is C[C@H]1CN(C(=O)[C@@H]2CC[C@@H]3CCCC[C@@H]3C2)CC2CN[C@H]([C@@](C)(O)C(F)(F)F)[C@@H]21. The monoisotopic (exact) mass is 416 g/mol. The van der Waals surface area contributed by atoms with Gasteiger partial charge in [-0.1, -0.05) is 32.6 Å². The molecule has 7 heteroatoms. The average molecular weight is 417 g/mol. The zero-order valence-electron chi connectivity index (χ0n) is 17.5. The van der Waals surface area contributed by atoms with E-state index < -0.39 is 17.8 Å². The van der Waals surface area contributed by atoms with Crippen molar-refractivity contribution in [1.82, 2.24) is 10.2 Å². The van der Waals surface area contributed by atoms with Gasteiger partial charge in [-0.05, 0) is 55.8 Å². The molecule has 4 aliphatic rings. The lowest BCUT2D eigenvalue weighted by Gasteiger charge is -2.46. The van der Waals surface area contributed by atoms with Crippen molar-refractivity contribution in [3.05, 3.63) is 0 Å². The first-order valence-electron chi connectivity index (χ1n) is 11.4. The maximum atomic E-state index is 13.4. The number of fused-ring (bicyclic) bond motifs is 2. The van der Waals surface area contributed by atoms with Gasteiger partial charge in [0, 0.05) is 31.6 Å². The Balaban J connectivity index is 1.41. The molecule has 2 aliphatic heterocycles. The molecule has 0 bridgehead atoms. The van der Waals surface area contributed by atoms with Crippen molar-refractivity contribution in [2.75, 3.05) is 19.6 Å². The largest absolute Gasteiger partial charge is 0.418 e. The molecular formula is C22H35F3N2O2. The quantitative estimate of drug-likeness (QED) is 0.723. The first-order chi connectivity index (χ1) is 13.6. The summed E-state index contributed by atoms with van der Waals surface area (Å²) in [7, 11) is 0. The minimum atomic E-state index is -4.68. The summed E-state index contributed by atoms with van der Waals surface area (Å²) in [5.74, 6) is 1.39. The molecule has 2 N–H and O–H groups in total. The van der Waals surface area contributed by atoms with Crippen LogP contribution in [0.5, 0.6) is 0 Å². The molecule has 166 valence electrons. The minimum Gasteiger partial charge on any atom is -0.379 e. The zero-order chi connectivity index (χ0) is 21.0. The van der Waals surface area contributed by atoms with E-state index in [0.717, 1.165) is 32.1 Å². The van der Waals surface area contributed by atoms with Crippen LogP contribution in [0.3, 0.4) is 0 Å². The van der Waals surface area contributed by atoms with Crippen molar-refractivity contribution in [3.8, 4) is 0 Å². The lowest BCUT2D eigenvalue weighted by molar-refractivity contribution is -0.267. The first-order valence-corrected chi connectivity index (χ1v) is 11.4. The molecule has 4 rings (SSSR count). The second-order valence-electron chi connectivity index (χ2n) is 10.4. The highest BCUT2D eigenvalue weighted by molar-refractivity contribution is 5.79. The molecule has 0 radical (unpaired) electrons. The van der Waals surface area contributed by atoms with Crippen LogP contribution >= 0.6 is 0 Å². The number of rotatable bonds is 2. The average Bonchev–Trinajstić information content (AvgIpc) is 3.11. The molecule has 4 fully saturated rings. The summed E-state index contributed by atoms with van der Waals surface area (Å²) in [6, 6.07) is -1.02. The molecule has 2 aliphatic carbocycles. The molecule has 2 saturated carbocycles. The predicted molar refractivity (Wildman–Crippen MR) is 104 cm³/mol. The number of alkyl halides is 3. The van der Waals surface area contributed by atoms with Crippen molar-refractivity contribution in [1.29, 1.82) is 0 Å². The molecule has 29 heavy (non-hydrogen) atoms. The first kappa shape index (κ1) is 21.4. The Hall–Kier alpha value is -0.820. The number of nitrogens with zero attached hydrogens (tertiary/aromatic N) is 1. The van der Waals surface area contributed by atoms with Gasteiger partial charge < -0.3 is 15.3 Å². The maximum absolute atomic E-state index is 13.4. The highest BCUT2D eigenvalue weighted by Crippen LogP contribution is 2.46. The predicted octanol–water partition coefficient (Wildman–Crippen LogP) is 3.59. The number of piperidine rings is 1. The van der Waals surface area contributed by atoms with E-state index in [0.29, 0.717) is 25.6 Å². The number of carbonyl (C=O) groups excluding carboxylic acids is 1. The lowest BCUT2D eigenvalue weighted by Crippen LogP contribution is -2.61. The van der Waals surface area contributed by atoms with Gasteiger partial charge in [-0.25, -0.2) is 0 Å². The van der Waals surface area contributed by atoms with E-state index in [1.807, 2.05) is 11.8 Å². The van der Waals surface area contributed by atoms with E-state index in [4.69, 9.17) is 0 Å². The fourth-order valence-corrected chi connectivity index (χ4v) is 6.91. The van der Waals surface area contributed by atoms with Crippen LogP contribution in [-0.2, 0) is 4.79 Å². The highest BCUT2D eigenvalue weighted by Gasteiger charge is 2.61. The van der Waals surface area contributed by atoms with Crippen molar-refractivity contribution in [3.63, 3.8) is 0 Å². The van der Waals surface area contributed by atoms with Gasteiger partial charge in [0.1, 0.15) is 0 Å². The van der Waals surface area contributed by atoms with Gasteiger partial charge in [0.15, 0.2) is 5.60 Å². The second kappa shape index (κ2) is 7.70. The molecule has 4 nitrogen and oxygen atoms in total. The summed E-state index contributed by atoms with van der Waals surface area (Å²) >= 11 is 0. The number of nitrogens with one attached hydrogen (secondary N) is 1. The van der Waals surface area contributed by atoms with E-state index in [1.54, 1.807) is 0 Å². The minimum absolute atomic E-state index is 0.0347. The number of likely N-dealkylation sites (tertiary alicyclic amines) is 1. The Morgan fingerprint density at radius 2 is 1.72 bits per heavy atom. The zero-order valence-corrected chi connectivity index (χ0v) is 17.5. The van der Waals surface area contributed by atoms with Gasteiger partial charge in [0.2, 0.25) is 5.91 Å². The molecule has 2 saturated heterocycles. The molecule has 0 spiro atoms. The fourth-order valence-electron chi connectivity index (χ4n) is 6.91. The van der Waals surface area contributed by atoms with Crippen LogP contribution in [0.25, 0.3) is 0 Å². The van der Waals surface area contributed by atoms with Gasteiger partial charge in [-0.15, -0.1) is 0 Å². The van der Waals surface area contributed by atoms with E-state index >= 15 is 0 Å². The van der Waals surface area contributed by atoms with Crippen LogP contribution in [-0.4, -0.2) is 53.4 Å². The van der Waals surface area contributed by atoms with Crippen LogP contribution in [0.2, 0.25) is 0 Å². The third-order valence-electron chi connectivity index (χ3n) is 8.53. The number of hydrogen-bond acceptors (Lipinski definition) is 3. The van der Waals surface area contributed by atoms with Crippen LogP contribution in [0.15, 0.2) is 0 Å². The summed E-state index contributed by atoms with van der Waals surface area (Å²) in [6.07, 6.45) is 3.57. The van der Waals surface area contributed by atoms with Crippen LogP contribution in [0, 0.1) is 35.5 Å². The van der Waals surface area contributed by atoms with Gasteiger partial charge >= 0.3 is 6.18 Å². The number of hydrogen-bond donors (Lipinski definition) is 2. The molecule has 1 amide bonds. The molecule has 1 unspecified atom stereocenters. The molecule has 2 heterocycles. The van der Waals surface area contributed by atoms with Crippen molar-refractivity contribution in [2.24, 2.45) is 35.5 Å². The van der Waals surface area contributed by atoms with Gasteiger partial charge in [-0.3, -0.25) is 4.79 Å². The molecule has 0 aromatic rings. The number of amides is 1. The molecule has 0 aromatic carbocycles. The Bertz CT molecular complexity index is 624. The summed E-state index contributed by atoms with van der Waals surface area (Å²) in [6.45, 7) is 4.24. The van der Waals surface area contributed by atoms with E-state index in [-0.39, 0.29) is 29.6 Å². The normalized spacial score (nSPS) is 42.7. The second-order valence-corrected chi connectivity index (χ2v) is 10.4. The molecular weight excluding hydrogens is 381 g/mol. The van der Waals surface area contributed by atoms with Crippen molar-refractivity contribution in [2.45, 2.75) is 76.6 Å². The topological polar surface area (TPSA) is 52.6 Å². The smallest absolute Gasteiger partial charge is 0.379 e. The Labute approximate surface area is 171 Å². The third kappa shape index (κ3) is 3.82. The number of halogens is 3. The Morgan fingerprint density at radius 3 is 2.41 bits per heavy atom. The summed E-state index contributed by atoms with van der Waals surface area (Å²) < 4.78 is 40.2. The number of carbonyl (C=O) groups is 1. The van der Waals surface area contributed by atoms with Crippen molar-refractivity contribution < 1.29 is 23.1 Å². The molecule has 0 aromatic heterocycles. The van der Waals surface area contributed by atoms with Crippen molar-refractivity contribution >= 4 is 5.91 Å². The lowest BCUT2D eigenvalue weighted by atomic mass is 9.67. The standard InChI is InChI=1S/C22H35F3N2O2/c1-13-11-27(20(28)16-8-7-14-5-3-4-6-15(14)9-16)12-17-10-26-19(18(13)17)21(2,29)22(23,24)25/h13-19,26,29H,3-12H2,1-2H3/t13-,14-,15+,16+,17?,18+,19-,21+/m0/s1. The highest BCUT2D eigenvalue weighted by atomic mass is 19.4. The summed E-state index contributed by atoms with van der Waals surface area (Å²) in [5.41, 5.74) is -2.76. The summed E-state index contributed by atoms with van der Waals surface area (Å²) in [5, 5.41) is 13.2. The maximum Gasteiger partial charge on any atom is 0.418 e. The number of aliphatic hydroxyl groups is 1.